The zero-order chi connectivity index (χ0) is 14.8. The first-order valence-corrected chi connectivity index (χ1v) is 7.39. The molecule has 0 fully saturated rings. The molecule has 3 rings (SSSR count). The number of imidazole rings is 1. The topological polar surface area (TPSA) is 66.6 Å². The third-order valence-electron chi connectivity index (χ3n) is 3.12. The molecule has 0 aliphatic rings. The predicted octanol–water partition coefficient (Wildman–Crippen LogP) is 2.44. The fourth-order valence-electron chi connectivity index (χ4n) is 2.24. The second kappa shape index (κ2) is 5.67. The number of aromatic nitrogens is 2. The van der Waals surface area contributed by atoms with Gasteiger partial charge in [0, 0.05) is 30.1 Å². The first kappa shape index (κ1) is 13.8. The molecule has 0 saturated heterocycles. The lowest BCUT2D eigenvalue weighted by Crippen LogP contribution is -2.05. The summed E-state index contributed by atoms with van der Waals surface area (Å²) in [7, 11) is 0. The normalized spacial score (nSPS) is 11.0. The molecule has 0 bridgehead atoms. The van der Waals surface area contributed by atoms with Gasteiger partial charge in [-0.15, -0.1) is 11.3 Å². The minimum absolute atomic E-state index is 0.0185. The van der Waals surface area contributed by atoms with Crippen LogP contribution in [-0.2, 0) is 17.8 Å². The molecule has 6 heteroatoms. The highest BCUT2D eigenvalue weighted by molar-refractivity contribution is 7.17. The summed E-state index contributed by atoms with van der Waals surface area (Å²) < 4.78 is 1.91. The maximum Gasteiger partial charge on any atom is 0.221 e. The van der Waals surface area contributed by atoms with Gasteiger partial charge in [0.25, 0.3) is 0 Å². The SMILES string of the molecule is CC(=O)Nc1cccc(Cc2cn3c(CO)cnc3s2)c1. The van der Waals surface area contributed by atoms with E-state index in [1.807, 2.05) is 34.9 Å². The van der Waals surface area contributed by atoms with Crippen molar-refractivity contribution >= 4 is 27.9 Å². The quantitative estimate of drug-likeness (QED) is 0.778. The van der Waals surface area contributed by atoms with E-state index in [-0.39, 0.29) is 12.5 Å². The third kappa shape index (κ3) is 2.96. The molecule has 0 aliphatic carbocycles. The van der Waals surface area contributed by atoms with Crippen LogP contribution in [0.3, 0.4) is 0 Å². The van der Waals surface area contributed by atoms with Gasteiger partial charge in [-0.05, 0) is 17.7 Å². The Bertz CT molecular complexity index is 791. The number of benzene rings is 1. The van der Waals surface area contributed by atoms with E-state index >= 15 is 0 Å². The number of nitrogens with one attached hydrogen (secondary N) is 1. The molecule has 0 radical (unpaired) electrons. The Balaban J connectivity index is 1.84. The first-order valence-electron chi connectivity index (χ1n) is 6.58. The number of thiazole rings is 1. The molecule has 2 N–H and O–H groups in total. The van der Waals surface area contributed by atoms with Gasteiger partial charge in [-0.1, -0.05) is 12.1 Å². The van der Waals surface area contributed by atoms with E-state index in [0.717, 1.165) is 33.2 Å². The number of amides is 1. The number of rotatable bonds is 4. The second-order valence-corrected chi connectivity index (χ2v) is 5.91. The number of fused-ring (bicyclic) bond motifs is 1. The fraction of sp³-hybridized carbons (Fsp3) is 0.200. The van der Waals surface area contributed by atoms with E-state index in [1.165, 1.54) is 6.92 Å². The Kier molecular flexibility index (Phi) is 3.72. The van der Waals surface area contributed by atoms with E-state index in [2.05, 4.69) is 10.3 Å². The van der Waals surface area contributed by atoms with Gasteiger partial charge < -0.3 is 10.4 Å². The summed E-state index contributed by atoms with van der Waals surface area (Å²) in [5, 5.41) is 12.0. The van der Waals surface area contributed by atoms with Crippen LogP contribution in [0.2, 0.25) is 0 Å². The lowest BCUT2D eigenvalue weighted by atomic mass is 10.1. The molecule has 2 aromatic heterocycles. The van der Waals surface area contributed by atoms with Gasteiger partial charge in [0.1, 0.15) is 0 Å². The molecule has 5 nitrogen and oxygen atoms in total. The van der Waals surface area contributed by atoms with Crippen molar-refractivity contribution in [2.75, 3.05) is 5.32 Å². The molecule has 21 heavy (non-hydrogen) atoms. The van der Waals surface area contributed by atoms with Gasteiger partial charge in [-0.2, -0.15) is 0 Å². The van der Waals surface area contributed by atoms with Crippen LogP contribution in [-0.4, -0.2) is 20.4 Å². The summed E-state index contributed by atoms with van der Waals surface area (Å²) in [5.41, 5.74) is 2.72. The van der Waals surface area contributed by atoms with Crippen molar-refractivity contribution in [3.63, 3.8) is 0 Å². The molecule has 0 spiro atoms. The molecule has 0 unspecified atom stereocenters. The summed E-state index contributed by atoms with van der Waals surface area (Å²) >= 11 is 1.60. The van der Waals surface area contributed by atoms with E-state index in [1.54, 1.807) is 17.5 Å². The molecule has 0 aliphatic heterocycles. The summed E-state index contributed by atoms with van der Waals surface area (Å²) in [6.07, 6.45) is 4.46. The van der Waals surface area contributed by atoms with Crippen LogP contribution >= 0.6 is 11.3 Å². The maximum absolute atomic E-state index is 11.1. The van der Waals surface area contributed by atoms with Crippen molar-refractivity contribution in [1.82, 2.24) is 9.38 Å². The number of anilines is 1. The molecule has 1 amide bonds. The molecule has 3 aromatic rings. The number of nitrogens with zero attached hydrogens (tertiary/aromatic N) is 2. The Hall–Kier alpha value is -2.18. The number of hydrogen-bond acceptors (Lipinski definition) is 4. The fourth-order valence-corrected chi connectivity index (χ4v) is 3.25. The smallest absolute Gasteiger partial charge is 0.221 e. The minimum atomic E-state index is -0.0747. The van der Waals surface area contributed by atoms with Crippen LogP contribution in [0.5, 0.6) is 0 Å². The van der Waals surface area contributed by atoms with Gasteiger partial charge in [0.05, 0.1) is 18.5 Å². The maximum atomic E-state index is 11.1. The standard InChI is InChI=1S/C15H15N3O2S/c1-10(20)17-12-4-2-3-11(5-12)6-14-8-18-13(9-19)7-16-15(18)21-14/h2-5,7-8,19H,6,9H2,1H3,(H,17,20). The van der Waals surface area contributed by atoms with Gasteiger partial charge in [0.15, 0.2) is 4.96 Å². The average Bonchev–Trinajstić information content (AvgIpc) is 2.97. The highest BCUT2D eigenvalue weighted by atomic mass is 32.1. The second-order valence-electron chi connectivity index (χ2n) is 4.82. The van der Waals surface area contributed by atoms with Crippen molar-refractivity contribution in [3.05, 3.63) is 52.8 Å². The van der Waals surface area contributed by atoms with E-state index in [9.17, 15) is 9.90 Å². The number of carbonyl (C=O) groups excluding carboxylic acids is 1. The van der Waals surface area contributed by atoms with Crippen LogP contribution in [0.4, 0.5) is 5.69 Å². The summed E-state index contributed by atoms with van der Waals surface area (Å²) in [6.45, 7) is 1.48. The molecule has 0 atom stereocenters. The summed E-state index contributed by atoms with van der Waals surface area (Å²) in [6, 6.07) is 7.80. The molecule has 1 aromatic carbocycles. The number of hydrogen-bond donors (Lipinski definition) is 2. The van der Waals surface area contributed by atoms with Crippen molar-refractivity contribution in [1.29, 1.82) is 0 Å². The predicted molar refractivity (Wildman–Crippen MR) is 82.5 cm³/mol. The van der Waals surface area contributed by atoms with Gasteiger partial charge in [-0.3, -0.25) is 9.20 Å². The molecular formula is C15H15N3O2S. The van der Waals surface area contributed by atoms with Crippen molar-refractivity contribution < 1.29 is 9.90 Å². The number of aliphatic hydroxyl groups excluding tert-OH is 1. The van der Waals surface area contributed by atoms with Crippen LogP contribution in [0.25, 0.3) is 4.96 Å². The first-order chi connectivity index (χ1) is 10.2. The molecule has 108 valence electrons. The Labute approximate surface area is 125 Å². The van der Waals surface area contributed by atoms with E-state index in [0.29, 0.717) is 0 Å². The number of carbonyl (C=O) groups is 1. The van der Waals surface area contributed by atoms with Crippen LogP contribution in [0, 0.1) is 0 Å². The van der Waals surface area contributed by atoms with Crippen molar-refractivity contribution in [2.24, 2.45) is 0 Å². The van der Waals surface area contributed by atoms with E-state index < -0.39 is 0 Å². The highest BCUT2D eigenvalue weighted by Gasteiger charge is 2.08. The zero-order valence-corrected chi connectivity index (χ0v) is 12.4. The summed E-state index contributed by atoms with van der Waals surface area (Å²) in [4.78, 5) is 17.4. The molecular weight excluding hydrogens is 286 g/mol. The average molecular weight is 301 g/mol. The van der Waals surface area contributed by atoms with Crippen LogP contribution in [0.1, 0.15) is 23.1 Å². The highest BCUT2D eigenvalue weighted by Crippen LogP contribution is 2.22. The molecule has 2 heterocycles. The Morgan fingerprint density at radius 3 is 3.10 bits per heavy atom. The van der Waals surface area contributed by atoms with Gasteiger partial charge >= 0.3 is 0 Å². The lowest BCUT2D eigenvalue weighted by Gasteiger charge is -2.04. The largest absolute Gasteiger partial charge is 0.390 e. The van der Waals surface area contributed by atoms with Gasteiger partial charge in [-0.25, -0.2) is 4.98 Å². The van der Waals surface area contributed by atoms with Crippen LogP contribution in [0.15, 0.2) is 36.7 Å². The lowest BCUT2D eigenvalue weighted by molar-refractivity contribution is -0.114. The van der Waals surface area contributed by atoms with E-state index in [4.69, 9.17) is 0 Å². The third-order valence-corrected chi connectivity index (χ3v) is 4.12. The monoisotopic (exact) mass is 301 g/mol. The number of aliphatic hydroxyl groups is 1. The van der Waals surface area contributed by atoms with Crippen molar-refractivity contribution in [3.8, 4) is 0 Å². The zero-order valence-electron chi connectivity index (χ0n) is 11.5. The Morgan fingerprint density at radius 1 is 1.48 bits per heavy atom. The van der Waals surface area contributed by atoms with Gasteiger partial charge in [0.2, 0.25) is 5.91 Å². The van der Waals surface area contributed by atoms with Crippen molar-refractivity contribution in [2.45, 2.75) is 20.0 Å². The molecule has 0 saturated carbocycles. The Morgan fingerprint density at radius 2 is 2.33 bits per heavy atom. The summed E-state index contributed by atoms with van der Waals surface area (Å²) in [5.74, 6) is -0.0747. The minimum Gasteiger partial charge on any atom is -0.390 e. The van der Waals surface area contributed by atoms with Crippen LogP contribution < -0.4 is 5.32 Å².